The van der Waals surface area contributed by atoms with Crippen LogP contribution in [0.4, 0.5) is 0 Å². The van der Waals surface area contributed by atoms with Crippen molar-refractivity contribution in [2.24, 2.45) is 0 Å². The molecule has 1 aromatic heterocycles. The number of furan rings is 1. The smallest absolute Gasteiger partial charge is 0.117 e. The van der Waals surface area contributed by atoms with E-state index in [1.807, 2.05) is 12.1 Å². The van der Waals surface area contributed by atoms with Gasteiger partial charge in [0.15, 0.2) is 0 Å². The first-order valence-corrected chi connectivity index (χ1v) is 6.31. The van der Waals surface area contributed by atoms with Crippen LogP contribution in [0.15, 0.2) is 22.8 Å². The molecule has 0 saturated carbocycles. The molecule has 1 aromatic rings. The molecule has 0 saturated heterocycles. The van der Waals surface area contributed by atoms with Gasteiger partial charge in [-0.15, -0.1) is 0 Å². The Morgan fingerprint density at radius 3 is 2.67 bits per heavy atom. The average Bonchev–Trinajstić information content (AvgIpc) is 2.89. The van der Waals surface area contributed by atoms with Crippen molar-refractivity contribution >= 4 is 0 Å². The van der Waals surface area contributed by atoms with Gasteiger partial charge < -0.3 is 23.9 Å². The van der Waals surface area contributed by atoms with Crippen molar-refractivity contribution in [3.05, 3.63) is 24.2 Å². The molecule has 18 heavy (non-hydrogen) atoms. The number of ether oxygens (including phenoxy) is 3. The summed E-state index contributed by atoms with van der Waals surface area (Å²) in [7, 11) is 1.69. The molecule has 1 rings (SSSR count). The minimum absolute atomic E-state index is 0.634. The fourth-order valence-corrected chi connectivity index (χ4v) is 1.40. The molecule has 1 heterocycles. The van der Waals surface area contributed by atoms with Crippen molar-refractivity contribution in [1.82, 2.24) is 5.32 Å². The zero-order chi connectivity index (χ0) is 12.9. The van der Waals surface area contributed by atoms with E-state index in [1.165, 1.54) is 0 Å². The fourth-order valence-electron chi connectivity index (χ4n) is 1.40. The highest BCUT2D eigenvalue weighted by Gasteiger charge is 1.94. The molecule has 0 aliphatic rings. The third-order valence-electron chi connectivity index (χ3n) is 2.31. The van der Waals surface area contributed by atoms with Gasteiger partial charge in [0.25, 0.3) is 0 Å². The molecule has 0 amide bonds. The van der Waals surface area contributed by atoms with E-state index >= 15 is 0 Å². The molecule has 1 N–H and O–H groups in total. The van der Waals surface area contributed by atoms with Crippen LogP contribution in [0.25, 0.3) is 0 Å². The number of rotatable bonds is 12. The lowest BCUT2D eigenvalue weighted by molar-refractivity contribution is 0.0407. The van der Waals surface area contributed by atoms with Gasteiger partial charge in [0.05, 0.1) is 32.6 Å². The van der Waals surface area contributed by atoms with Crippen molar-refractivity contribution in [3.8, 4) is 0 Å². The maximum absolute atomic E-state index is 5.41. The number of hydrogen-bond donors (Lipinski definition) is 1. The third kappa shape index (κ3) is 8.25. The lowest BCUT2D eigenvalue weighted by atomic mass is 10.4. The van der Waals surface area contributed by atoms with Crippen molar-refractivity contribution in [2.75, 3.05) is 46.7 Å². The van der Waals surface area contributed by atoms with E-state index in [-0.39, 0.29) is 0 Å². The van der Waals surface area contributed by atoms with Crippen LogP contribution in [0.5, 0.6) is 0 Å². The van der Waals surface area contributed by atoms with Crippen LogP contribution in [0.1, 0.15) is 12.2 Å². The summed E-state index contributed by atoms with van der Waals surface area (Å²) in [6.07, 6.45) is 2.61. The van der Waals surface area contributed by atoms with Crippen LogP contribution in [-0.4, -0.2) is 46.7 Å². The summed E-state index contributed by atoms with van der Waals surface area (Å²) in [4.78, 5) is 0. The Bertz CT molecular complexity index is 264. The number of hydrogen-bond acceptors (Lipinski definition) is 5. The van der Waals surface area contributed by atoms with Crippen LogP contribution in [0.3, 0.4) is 0 Å². The quantitative estimate of drug-likeness (QED) is 0.574. The van der Waals surface area contributed by atoms with Gasteiger partial charge in [-0.25, -0.2) is 0 Å². The van der Waals surface area contributed by atoms with Gasteiger partial charge in [-0.3, -0.25) is 0 Å². The first-order valence-electron chi connectivity index (χ1n) is 6.31. The molecule has 0 spiro atoms. The van der Waals surface area contributed by atoms with E-state index in [9.17, 15) is 0 Å². The summed E-state index contributed by atoms with van der Waals surface area (Å²) in [5.74, 6) is 0.941. The van der Waals surface area contributed by atoms with Gasteiger partial charge in [0.1, 0.15) is 5.76 Å². The summed E-state index contributed by atoms with van der Waals surface area (Å²) >= 11 is 0. The molecule has 0 atom stereocenters. The minimum atomic E-state index is 0.634. The van der Waals surface area contributed by atoms with Gasteiger partial charge in [-0.2, -0.15) is 0 Å². The molecule has 0 unspecified atom stereocenters. The van der Waals surface area contributed by atoms with E-state index in [0.29, 0.717) is 19.8 Å². The van der Waals surface area contributed by atoms with Gasteiger partial charge >= 0.3 is 0 Å². The topological polar surface area (TPSA) is 52.9 Å². The zero-order valence-corrected chi connectivity index (χ0v) is 11.0. The highest BCUT2D eigenvalue weighted by molar-refractivity contribution is 4.97. The highest BCUT2D eigenvalue weighted by Crippen LogP contribution is 1.97. The SMILES string of the molecule is COCCCOCCOCCNCc1ccco1. The first kappa shape index (κ1) is 15.2. The monoisotopic (exact) mass is 257 g/mol. The van der Waals surface area contributed by atoms with Crippen LogP contribution in [0, 0.1) is 0 Å². The Labute approximate surface area is 108 Å². The second kappa shape index (κ2) is 11.2. The molecule has 5 heteroatoms. The lowest BCUT2D eigenvalue weighted by Gasteiger charge is -2.06. The summed E-state index contributed by atoms with van der Waals surface area (Å²) in [5, 5.41) is 3.23. The molecule has 0 aliphatic carbocycles. The minimum Gasteiger partial charge on any atom is -0.468 e. The molecule has 0 aromatic carbocycles. The lowest BCUT2D eigenvalue weighted by Crippen LogP contribution is -2.20. The normalized spacial score (nSPS) is 10.9. The Morgan fingerprint density at radius 1 is 1.11 bits per heavy atom. The Hall–Kier alpha value is -0.880. The molecule has 0 radical (unpaired) electrons. The van der Waals surface area contributed by atoms with Gasteiger partial charge in [0.2, 0.25) is 0 Å². The van der Waals surface area contributed by atoms with Crippen molar-refractivity contribution in [1.29, 1.82) is 0 Å². The number of nitrogens with one attached hydrogen (secondary N) is 1. The summed E-state index contributed by atoms with van der Waals surface area (Å²) in [5.41, 5.74) is 0. The molecule has 0 fully saturated rings. The van der Waals surface area contributed by atoms with E-state index in [1.54, 1.807) is 13.4 Å². The molecular weight excluding hydrogens is 234 g/mol. The largest absolute Gasteiger partial charge is 0.468 e. The highest BCUT2D eigenvalue weighted by atomic mass is 16.5. The predicted molar refractivity (Wildman–Crippen MR) is 68.5 cm³/mol. The maximum atomic E-state index is 5.41. The van der Waals surface area contributed by atoms with E-state index < -0.39 is 0 Å². The Morgan fingerprint density at radius 2 is 1.94 bits per heavy atom. The molecule has 104 valence electrons. The Balaban J connectivity index is 1.73. The van der Waals surface area contributed by atoms with Crippen LogP contribution >= 0.6 is 0 Å². The van der Waals surface area contributed by atoms with E-state index in [0.717, 1.165) is 38.5 Å². The van der Waals surface area contributed by atoms with Gasteiger partial charge in [-0.05, 0) is 18.6 Å². The van der Waals surface area contributed by atoms with Crippen molar-refractivity contribution < 1.29 is 18.6 Å². The zero-order valence-electron chi connectivity index (χ0n) is 11.0. The van der Waals surface area contributed by atoms with Crippen molar-refractivity contribution in [2.45, 2.75) is 13.0 Å². The molecular formula is C13H23NO4. The molecule has 0 bridgehead atoms. The summed E-state index contributed by atoms with van der Waals surface area (Å²) in [6, 6.07) is 3.83. The van der Waals surface area contributed by atoms with Crippen LogP contribution < -0.4 is 5.32 Å². The van der Waals surface area contributed by atoms with Crippen molar-refractivity contribution in [3.63, 3.8) is 0 Å². The number of methoxy groups -OCH3 is 1. The second-order valence-corrected chi connectivity index (χ2v) is 3.83. The third-order valence-corrected chi connectivity index (χ3v) is 2.31. The van der Waals surface area contributed by atoms with E-state index in [2.05, 4.69) is 5.32 Å². The van der Waals surface area contributed by atoms with Gasteiger partial charge in [0, 0.05) is 26.9 Å². The van der Waals surface area contributed by atoms with Crippen LogP contribution in [0.2, 0.25) is 0 Å². The standard InChI is InChI=1S/C13H23NO4/c1-15-6-3-7-16-10-11-17-9-5-14-12-13-4-2-8-18-13/h2,4,8,14H,3,5-7,9-12H2,1H3. The summed E-state index contributed by atoms with van der Waals surface area (Å²) in [6.45, 7) is 4.99. The maximum Gasteiger partial charge on any atom is 0.117 e. The predicted octanol–water partition coefficient (Wildman–Crippen LogP) is 1.44. The molecule has 0 aliphatic heterocycles. The second-order valence-electron chi connectivity index (χ2n) is 3.83. The Kier molecular flexibility index (Phi) is 9.46. The van der Waals surface area contributed by atoms with Crippen LogP contribution in [-0.2, 0) is 20.8 Å². The van der Waals surface area contributed by atoms with Gasteiger partial charge in [-0.1, -0.05) is 0 Å². The fraction of sp³-hybridized carbons (Fsp3) is 0.692. The average molecular weight is 257 g/mol. The summed E-state index contributed by atoms with van der Waals surface area (Å²) < 4.78 is 20.9. The molecule has 5 nitrogen and oxygen atoms in total. The first-order chi connectivity index (χ1) is 8.93. The van der Waals surface area contributed by atoms with E-state index in [4.69, 9.17) is 18.6 Å².